The molecule has 1 saturated heterocycles. The van der Waals surface area contributed by atoms with Crippen LogP contribution in [0.2, 0.25) is 0 Å². The van der Waals surface area contributed by atoms with E-state index in [-0.39, 0.29) is 5.91 Å². The summed E-state index contributed by atoms with van der Waals surface area (Å²) in [7, 11) is 0. The third-order valence-corrected chi connectivity index (χ3v) is 1.70. The molecule has 1 heterocycles. The molecule has 0 aromatic carbocycles. The van der Waals surface area contributed by atoms with E-state index in [0.717, 1.165) is 19.5 Å². The Labute approximate surface area is 67.3 Å². The Morgan fingerprint density at radius 1 is 1.55 bits per heavy atom. The summed E-state index contributed by atoms with van der Waals surface area (Å²) in [5.74, 6) is 0.149. The van der Waals surface area contributed by atoms with E-state index in [9.17, 15) is 4.79 Å². The van der Waals surface area contributed by atoms with E-state index in [2.05, 4.69) is 0 Å². The van der Waals surface area contributed by atoms with Crippen molar-refractivity contribution in [3.63, 3.8) is 0 Å². The van der Waals surface area contributed by atoms with Gasteiger partial charge in [-0.25, -0.2) is 0 Å². The fraction of sp³-hybridized carbons (Fsp3) is 0.750. The van der Waals surface area contributed by atoms with Crippen LogP contribution in [0.15, 0.2) is 0 Å². The van der Waals surface area contributed by atoms with Crippen molar-refractivity contribution in [2.24, 2.45) is 0 Å². The lowest BCUT2D eigenvalue weighted by atomic mass is 10.3. The summed E-state index contributed by atoms with van der Waals surface area (Å²) < 4.78 is 5.12. The van der Waals surface area contributed by atoms with Crippen molar-refractivity contribution < 1.29 is 9.53 Å². The highest BCUT2D eigenvalue weighted by atomic mass is 16.5. The maximum Gasteiger partial charge on any atom is 0.226 e. The maximum atomic E-state index is 11.2. The average Bonchev–Trinajstić information content (AvgIpc) is 2.07. The Kier molecular flexibility index (Phi) is 3.36. The normalized spacial score (nSPS) is 18.5. The number of nitrogens with zero attached hydrogens (tertiary/aromatic N) is 1. The zero-order valence-corrected chi connectivity index (χ0v) is 6.88. The third kappa shape index (κ3) is 2.50. The largest absolute Gasteiger partial charge is 0.378 e. The summed E-state index contributed by atoms with van der Waals surface area (Å²) in [6, 6.07) is 0. The molecule has 3 nitrogen and oxygen atoms in total. The lowest BCUT2D eigenvalue weighted by Crippen LogP contribution is -2.40. The predicted molar refractivity (Wildman–Crippen MR) is 42.0 cm³/mol. The van der Waals surface area contributed by atoms with Gasteiger partial charge in [0.15, 0.2) is 0 Å². The number of carbonyl (C=O) groups is 1. The van der Waals surface area contributed by atoms with Gasteiger partial charge in [-0.2, -0.15) is 0 Å². The third-order valence-electron chi connectivity index (χ3n) is 1.70. The molecule has 3 heteroatoms. The van der Waals surface area contributed by atoms with Crippen LogP contribution < -0.4 is 0 Å². The molecule has 0 bridgehead atoms. The molecular weight excluding hydrogens is 142 g/mol. The Bertz CT molecular complexity index is 130. The lowest BCUT2D eigenvalue weighted by Gasteiger charge is -2.26. The molecule has 11 heavy (non-hydrogen) atoms. The minimum atomic E-state index is 0.149. The van der Waals surface area contributed by atoms with Gasteiger partial charge in [0.1, 0.15) is 0 Å². The highest BCUT2D eigenvalue weighted by molar-refractivity contribution is 5.84. The highest BCUT2D eigenvalue weighted by Gasteiger charge is 2.15. The van der Waals surface area contributed by atoms with Gasteiger partial charge in [-0.3, -0.25) is 4.79 Å². The number of rotatable bonds is 2. The maximum absolute atomic E-state index is 11.2. The van der Waals surface area contributed by atoms with E-state index in [4.69, 9.17) is 4.74 Å². The zero-order valence-electron chi connectivity index (χ0n) is 6.88. The van der Waals surface area contributed by atoms with Gasteiger partial charge in [0.25, 0.3) is 0 Å². The van der Waals surface area contributed by atoms with Gasteiger partial charge in [0, 0.05) is 19.5 Å². The summed E-state index contributed by atoms with van der Waals surface area (Å²) in [6.45, 7) is 4.83. The van der Waals surface area contributed by atoms with E-state index >= 15 is 0 Å². The van der Waals surface area contributed by atoms with Gasteiger partial charge in [-0.05, 0) is 6.42 Å². The molecular formula is C8H14NO2. The minimum Gasteiger partial charge on any atom is -0.378 e. The molecule has 1 rings (SSSR count). The Balaban J connectivity index is 2.27. The number of carbonyl (C=O) groups excluding carboxylic acids is 1. The average molecular weight is 156 g/mol. The SMILES string of the molecule is CC[CH]C(=O)N1CCOCC1. The van der Waals surface area contributed by atoms with Gasteiger partial charge in [0.2, 0.25) is 5.91 Å². The van der Waals surface area contributed by atoms with Crippen LogP contribution in [0.5, 0.6) is 0 Å². The molecule has 1 amide bonds. The molecule has 0 aliphatic carbocycles. The number of hydrogen-bond acceptors (Lipinski definition) is 2. The smallest absolute Gasteiger partial charge is 0.226 e. The minimum absolute atomic E-state index is 0.149. The quantitative estimate of drug-likeness (QED) is 0.581. The molecule has 0 N–H and O–H groups in total. The molecule has 1 aliphatic rings. The molecule has 0 unspecified atom stereocenters. The summed E-state index contributed by atoms with van der Waals surface area (Å²) in [5.41, 5.74) is 0. The monoisotopic (exact) mass is 156 g/mol. The van der Waals surface area contributed by atoms with Crippen LogP contribution in [0.1, 0.15) is 13.3 Å². The topological polar surface area (TPSA) is 29.5 Å². The van der Waals surface area contributed by atoms with Crippen molar-refractivity contribution in [3.05, 3.63) is 6.42 Å². The fourth-order valence-electron chi connectivity index (χ4n) is 1.09. The van der Waals surface area contributed by atoms with E-state index in [1.807, 2.05) is 11.8 Å². The first-order chi connectivity index (χ1) is 5.34. The van der Waals surface area contributed by atoms with Gasteiger partial charge in [-0.15, -0.1) is 0 Å². The fourth-order valence-corrected chi connectivity index (χ4v) is 1.09. The molecule has 0 atom stereocenters. The van der Waals surface area contributed by atoms with Crippen LogP contribution in [0.25, 0.3) is 0 Å². The number of ether oxygens (including phenoxy) is 1. The Hall–Kier alpha value is -0.570. The molecule has 1 fully saturated rings. The first-order valence-electron chi connectivity index (χ1n) is 4.04. The summed E-state index contributed by atoms with van der Waals surface area (Å²) in [6.07, 6.45) is 2.53. The molecule has 0 aromatic rings. The molecule has 1 aliphatic heterocycles. The zero-order chi connectivity index (χ0) is 8.10. The standard InChI is InChI=1S/C8H14NO2/c1-2-3-8(10)9-4-6-11-7-5-9/h3H,2,4-7H2,1H3. The summed E-state index contributed by atoms with van der Waals surface area (Å²) >= 11 is 0. The van der Waals surface area contributed by atoms with Crippen LogP contribution in [0, 0.1) is 6.42 Å². The summed E-state index contributed by atoms with van der Waals surface area (Å²) in [5, 5.41) is 0. The van der Waals surface area contributed by atoms with E-state index in [1.54, 1.807) is 6.42 Å². The van der Waals surface area contributed by atoms with Crippen molar-refractivity contribution in [2.45, 2.75) is 13.3 Å². The second-order valence-corrected chi connectivity index (χ2v) is 2.55. The molecule has 0 saturated carbocycles. The first-order valence-corrected chi connectivity index (χ1v) is 4.04. The molecule has 0 aromatic heterocycles. The van der Waals surface area contributed by atoms with Crippen molar-refractivity contribution in [3.8, 4) is 0 Å². The predicted octanol–water partition coefficient (Wildman–Crippen LogP) is 0.459. The van der Waals surface area contributed by atoms with Crippen molar-refractivity contribution >= 4 is 5.91 Å². The number of amides is 1. The number of morpholine rings is 1. The van der Waals surface area contributed by atoms with Crippen LogP contribution in [0.4, 0.5) is 0 Å². The summed E-state index contributed by atoms with van der Waals surface area (Å²) in [4.78, 5) is 13.0. The number of hydrogen-bond donors (Lipinski definition) is 0. The lowest BCUT2D eigenvalue weighted by molar-refractivity contribution is -0.131. The van der Waals surface area contributed by atoms with Crippen molar-refractivity contribution in [1.82, 2.24) is 4.90 Å². The molecule has 63 valence electrons. The van der Waals surface area contributed by atoms with Crippen LogP contribution in [0.3, 0.4) is 0 Å². The second kappa shape index (κ2) is 4.34. The van der Waals surface area contributed by atoms with Crippen LogP contribution in [-0.4, -0.2) is 37.1 Å². The van der Waals surface area contributed by atoms with E-state index in [1.165, 1.54) is 0 Å². The Morgan fingerprint density at radius 2 is 2.18 bits per heavy atom. The molecule has 1 radical (unpaired) electrons. The van der Waals surface area contributed by atoms with Crippen LogP contribution in [-0.2, 0) is 9.53 Å². The Morgan fingerprint density at radius 3 is 2.73 bits per heavy atom. The van der Waals surface area contributed by atoms with Crippen molar-refractivity contribution in [2.75, 3.05) is 26.3 Å². The van der Waals surface area contributed by atoms with Gasteiger partial charge in [0.05, 0.1) is 13.2 Å². The van der Waals surface area contributed by atoms with Crippen molar-refractivity contribution in [1.29, 1.82) is 0 Å². The second-order valence-electron chi connectivity index (χ2n) is 2.55. The first kappa shape index (κ1) is 8.53. The van der Waals surface area contributed by atoms with Crippen LogP contribution >= 0.6 is 0 Å². The van der Waals surface area contributed by atoms with E-state index < -0.39 is 0 Å². The van der Waals surface area contributed by atoms with Gasteiger partial charge >= 0.3 is 0 Å². The van der Waals surface area contributed by atoms with Gasteiger partial charge in [-0.1, -0.05) is 6.92 Å². The molecule has 0 spiro atoms. The van der Waals surface area contributed by atoms with E-state index in [0.29, 0.717) is 13.2 Å². The highest BCUT2D eigenvalue weighted by Crippen LogP contribution is 2.00. The van der Waals surface area contributed by atoms with Gasteiger partial charge < -0.3 is 9.64 Å².